The molecule has 0 unspecified atom stereocenters. The number of nitrogens with zero attached hydrogens (tertiary/aromatic N) is 3. The summed E-state index contributed by atoms with van der Waals surface area (Å²) in [4.78, 5) is 9.43. The van der Waals surface area contributed by atoms with Crippen molar-refractivity contribution in [3.05, 3.63) is 65.5 Å². The summed E-state index contributed by atoms with van der Waals surface area (Å²) in [5.74, 6) is 0.784. The molecular formula is C25H35N3O. The molecule has 1 aromatic carbocycles. The molecule has 2 aliphatic heterocycles. The van der Waals surface area contributed by atoms with E-state index in [1.54, 1.807) is 0 Å². The van der Waals surface area contributed by atoms with Gasteiger partial charge in [0.1, 0.15) is 0 Å². The highest BCUT2D eigenvalue weighted by Crippen LogP contribution is 2.23. The molecule has 1 aromatic heterocycles. The Balaban J connectivity index is 1.30. The number of likely N-dealkylation sites (tertiary alicyclic amines) is 1. The molecule has 4 heteroatoms. The monoisotopic (exact) mass is 393 g/mol. The quantitative estimate of drug-likeness (QED) is 0.669. The normalized spacial score (nSPS) is 21.1. The van der Waals surface area contributed by atoms with Gasteiger partial charge in [-0.2, -0.15) is 0 Å². The minimum Gasteiger partial charge on any atom is -0.377 e. The summed E-state index contributed by atoms with van der Waals surface area (Å²) in [7, 11) is 0. The number of hydrogen-bond acceptors (Lipinski definition) is 4. The molecule has 29 heavy (non-hydrogen) atoms. The maximum Gasteiger partial charge on any atom is 0.0702 e. The molecule has 0 spiro atoms. The van der Waals surface area contributed by atoms with Crippen LogP contribution in [0.25, 0.3) is 0 Å². The van der Waals surface area contributed by atoms with E-state index in [9.17, 15) is 0 Å². The predicted octanol–water partition coefficient (Wildman–Crippen LogP) is 4.28. The van der Waals surface area contributed by atoms with Gasteiger partial charge < -0.3 is 4.74 Å². The number of aryl methyl sites for hydroxylation is 1. The van der Waals surface area contributed by atoms with E-state index in [2.05, 4.69) is 58.1 Å². The van der Waals surface area contributed by atoms with Crippen LogP contribution in [0.1, 0.15) is 42.4 Å². The van der Waals surface area contributed by atoms with Crippen molar-refractivity contribution in [1.29, 1.82) is 0 Å². The van der Waals surface area contributed by atoms with Crippen LogP contribution in [-0.2, 0) is 17.8 Å². The van der Waals surface area contributed by atoms with Crippen molar-refractivity contribution in [3.63, 3.8) is 0 Å². The second-order valence-corrected chi connectivity index (χ2v) is 8.83. The van der Waals surface area contributed by atoms with E-state index in [1.165, 1.54) is 62.0 Å². The molecule has 4 nitrogen and oxygen atoms in total. The number of piperidine rings is 1. The van der Waals surface area contributed by atoms with Crippen LogP contribution in [0.15, 0.2) is 48.8 Å². The van der Waals surface area contributed by atoms with Crippen LogP contribution in [0.5, 0.6) is 0 Å². The Bertz CT molecular complexity index is 737. The first-order valence-electron chi connectivity index (χ1n) is 11.3. The summed E-state index contributed by atoms with van der Waals surface area (Å²) in [6, 6.07) is 13.1. The minimum atomic E-state index is 0.415. The molecule has 0 aliphatic carbocycles. The van der Waals surface area contributed by atoms with Gasteiger partial charge in [-0.3, -0.25) is 14.8 Å². The van der Waals surface area contributed by atoms with Gasteiger partial charge in [0.05, 0.1) is 6.10 Å². The number of ether oxygens (including phenoxy) is 1. The molecule has 2 fully saturated rings. The Morgan fingerprint density at radius 1 is 1.03 bits per heavy atom. The first kappa shape index (κ1) is 20.5. The fourth-order valence-electron chi connectivity index (χ4n) is 4.75. The van der Waals surface area contributed by atoms with E-state index in [-0.39, 0.29) is 0 Å². The van der Waals surface area contributed by atoms with Crippen LogP contribution >= 0.6 is 0 Å². The van der Waals surface area contributed by atoms with E-state index in [0.29, 0.717) is 6.10 Å². The highest BCUT2D eigenvalue weighted by atomic mass is 16.5. The smallest absolute Gasteiger partial charge is 0.0702 e. The van der Waals surface area contributed by atoms with Gasteiger partial charge in [-0.1, -0.05) is 24.3 Å². The van der Waals surface area contributed by atoms with Gasteiger partial charge in [-0.05, 0) is 80.4 Å². The van der Waals surface area contributed by atoms with E-state index < -0.39 is 0 Å². The Hall–Kier alpha value is -1.75. The summed E-state index contributed by atoms with van der Waals surface area (Å²) in [5.41, 5.74) is 4.24. The zero-order valence-corrected chi connectivity index (χ0v) is 17.8. The van der Waals surface area contributed by atoms with Gasteiger partial charge in [0, 0.05) is 45.2 Å². The number of aromatic nitrogens is 1. The number of rotatable bonds is 8. The lowest BCUT2D eigenvalue weighted by atomic mass is 9.95. The molecule has 2 saturated heterocycles. The van der Waals surface area contributed by atoms with Gasteiger partial charge in [0.15, 0.2) is 0 Å². The van der Waals surface area contributed by atoms with Crippen LogP contribution < -0.4 is 0 Å². The van der Waals surface area contributed by atoms with Crippen LogP contribution in [-0.4, -0.2) is 53.7 Å². The molecule has 0 bridgehead atoms. The third-order valence-corrected chi connectivity index (χ3v) is 6.52. The van der Waals surface area contributed by atoms with E-state index in [0.717, 1.165) is 32.2 Å². The van der Waals surface area contributed by atoms with E-state index >= 15 is 0 Å². The molecule has 2 aliphatic rings. The van der Waals surface area contributed by atoms with Crippen LogP contribution in [0.4, 0.5) is 0 Å². The highest BCUT2D eigenvalue weighted by molar-refractivity contribution is 5.25. The lowest BCUT2D eigenvalue weighted by Crippen LogP contribution is -2.40. The minimum absolute atomic E-state index is 0.415. The Labute approximate surface area is 175 Å². The van der Waals surface area contributed by atoms with Gasteiger partial charge >= 0.3 is 0 Å². The molecule has 2 aromatic rings. The summed E-state index contributed by atoms with van der Waals surface area (Å²) in [6.07, 6.45) is 9.24. The molecule has 3 heterocycles. The van der Waals surface area contributed by atoms with E-state index in [4.69, 9.17) is 4.74 Å². The number of benzene rings is 1. The van der Waals surface area contributed by atoms with E-state index in [1.807, 2.05) is 12.4 Å². The van der Waals surface area contributed by atoms with Crippen LogP contribution in [0.3, 0.4) is 0 Å². The first-order chi connectivity index (χ1) is 14.3. The van der Waals surface area contributed by atoms with Gasteiger partial charge in [0.25, 0.3) is 0 Å². The molecule has 0 saturated carbocycles. The average molecular weight is 394 g/mol. The van der Waals surface area contributed by atoms with Gasteiger partial charge in [-0.15, -0.1) is 0 Å². The van der Waals surface area contributed by atoms with Gasteiger partial charge in [-0.25, -0.2) is 0 Å². The van der Waals surface area contributed by atoms with Crippen molar-refractivity contribution in [2.24, 2.45) is 5.92 Å². The van der Waals surface area contributed by atoms with Crippen molar-refractivity contribution in [1.82, 2.24) is 14.8 Å². The van der Waals surface area contributed by atoms with Gasteiger partial charge in [0.2, 0.25) is 0 Å². The molecular weight excluding hydrogens is 358 g/mol. The summed E-state index contributed by atoms with van der Waals surface area (Å²) >= 11 is 0. The maximum absolute atomic E-state index is 5.94. The third-order valence-electron chi connectivity index (χ3n) is 6.52. The number of hydrogen-bond donors (Lipinski definition) is 0. The molecule has 156 valence electrons. The number of pyridine rings is 1. The topological polar surface area (TPSA) is 28.6 Å². The second kappa shape index (κ2) is 10.3. The fourth-order valence-corrected chi connectivity index (χ4v) is 4.75. The largest absolute Gasteiger partial charge is 0.377 e. The maximum atomic E-state index is 5.94. The van der Waals surface area contributed by atoms with Crippen LogP contribution in [0.2, 0.25) is 0 Å². The summed E-state index contributed by atoms with van der Waals surface area (Å²) in [6.45, 7) is 9.92. The fraction of sp³-hybridized carbons (Fsp3) is 0.560. The SMILES string of the molecule is Cc1ccccc1CN1CCC(CN(Cc2ccncc2)C[C@H]2CCCO2)CC1. The second-order valence-electron chi connectivity index (χ2n) is 8.83. The average Bonchev–Trinajstić information content (AvgIpc) is 3.25. The van der Waals surface area contributed by atoms with Crippen molar-refractivity contribution in [2.75, 3.05) is 32.8 Å². The van der Waals surface area contributed by atoms with Crippen LogP contribution in [0, 0.1) is 12.8 Å². The molecule has 0 radical (unpaired) electrons. The summed E-state index contributed by atoms with van der Waals surface area (Å²) in [5, 5.41) is 0. The zero-order chi connectivity index (χ0) is 19.9. The first-order valence-corrected chi connectivity index (χ1v) is 11.3. The molecule has 0 N–H and O–H groups in total. The standard InChI is InChI=1S/C25H35N3O/c1-21-5-2-3-6-24(21)19-27-14-10-23(11-15-27)18-28(20-25-7-4-16-29-25)17-22-8-12-26-13-9-22/h2-3,5-6,8-9,12-13,23,25H,4,7,10-11,14-20H2,1H3/t25-/m1/s1. The molecule has 0 amide bonds. The van der Waals surface area contributed by atoms with Crippen molar-refractivity contribution < 1.29 is 4.74 Å². The Morgan fingerprint density at radius 3 is 2.55 bits per heavy atom. The molecule has 1 atom stereocenters. The van der Waals surface area contributed by atoms with Crippen molar-refractivity contribution >= 4 is 0 Å². The Morgan fingerprint density at radius 2 is 1.83 bits per heavy atom. The predicted molar refractivity (Wildman–Crippen MR) is 118 cm³/mol. The lowest BCUT2D eigenvalue weighted by molar-refractivity contribution is 0.0570. The van der Waals surface area contributed by atoms with Crippen molar-refractivity contribution in [2.45, 2.75) is 51.8 Å². The third kappa shape index (κ3) is 6.11. The Kier molecular flexibility index (Phi) is 7.31. The highest BCUT2D eigenvalue weighted by Gasteiger charge is 2.25. The van der Waals surface area contributed by atoms with Crippen molar-refractivity contribution in [3.8, 4) is 0 Å². The summed E-state index contributed by atoms with van der Waals surface area (Å²) < 4.78 is 5.94. The molecule has 4 rings (SSSR count). The lowest BCUT2D eigenvalue weighted by Gasteiger charge is -2.35. The zero-order valence-electron chi connectivity index (χ0n) is 17.8.